The molecule has 0 amide bonds. The lowest BCUT2D eigenvalue weighted by Gasteiger charge is -2.16. The number of rotatable bonds is 6. The average Bonchev–Trinajstić information content (AvgIpc) is 2.71. The van der Waals surface area contributed by atoms with Crippen LogP contribution in [0.3, 0.4) is 0 Å². The molecule has 3 N–H and O–H groups in total. The van der Waals surface area contributed by atoms with Crippen molar-refractivity contribution in [3.05, 3.63) is 83.2 Å². The first-order chi connectivity index (χ1) is 13.8. The number of alkyl halides is 3. The fourth-order valence-corrected chi connectivity index (χ4v) is 2.85. The Morgan fingerprint density at radius 2 is 1.83 bits per heavy atom. The van der Waals surface area contributed by atoms with E-state index in [1.165, 1.54) is 24.4 Å². The van der Waals surface area contributed by atoms with Gasteiger partial charge >= 0.3 is 6.18 Å². The molecule has 0 saturated carbocycles. The number of benzene rings is 1. The van der Waals surface area contributed by atoms with Gasteiger partial charge in [-0.2, -0.15) is 13.2 Å². The van der Waals surface area contributed by atoms with Crippen LogP contribution in [0.1, 0.15) is 40.0 Å². The number of aromatic nitrogens is 2. The summed E-state index contributed by atoms with van der Waals surface area (Å²) in [6.45, 7) is 2.42. The highest BCUT2D eigenvalue weighted by molar-refractivity contribution is 6.11. The number of nitrogens with one attached hydrogen (secondary N) is 1. The van der Waals surface area contributed by atoms with E-state index in [-0.39, 0.29) is 23.1 Å². The van der Waals surface area contributed by atoms with Crippen LogP contribution in [0.4, 0.5) is 24.8 Å². The second-order valence-electron chi connectivity index (χ2n) is 6.55. The minimum Gasteiger partial charge on any atom is -0.383 e. The van der Waals surface area contributed by atoms with Gasteiger partial charge in [0, 0.05) is 12.7 Å². The van der Waals surface area contributed by atoms with Gasteiger partial charge in [0.1, 0.15) is 17.3 Å². The van der Waals surface area contributed by atoms with E-state index >= 15 is 0 Å². The molecule has 8 heteroatoms. The maximum atomic E-state index is 13.4. The molecular formula is C21H19F3N4O. The quantitative estimate of drug-likeness (QED) is 0.595. The first kappa shape index (κ1) is 20.3. The number of nitrogen functional groups attached to an aromatic ring is 1. The van der Waals surface area contributed by atoms with Gasteiger partial charge in [-0.05, 0) is 35.7 Å². The number of nitrogens with zero attached hydrogens (tertiary/aromatic N) is 2. The molecule has 1 aromatic carbocycles. The van der Waals surface area contributed by atoms with Crippen LogP contribution in [-0.2, 0) is 6.18 Å². The van der Waals surface area contributed by atoms with Gasteiger partial charge in [0.05, 0.1) is 11.1 Å². The molecule has 3 aromatic rings. The Morgan fingerprint density at radius 1 is 1.10 bits per heavy atom. The third-order valence-electron chi connectivity index (χ3n) is 4.46. The third kappa shape index (κ3) is 4.71. The molecule has 3 rings (SSSR count). The summed E-state index contributed by atoms with van der Waals surface area (Å²) in [7, 11) is 0. The number of carbonyl (C=O) groups excluding carboxylic acids is 1. The maximum absolute atomic E-state index is 13.4. The normalized spacial score (nSPS) is 12.4. The highest BCUT2D eigenvalue weighted by atomic mass is 19.4. The summed E-state index contributed by atoms with van der Waals surface area (Å²) in [5.74, 6) is -0.814. The van der Waals surface area contributed by atoms with Gasteiger partial charge in [0.25, 0.3) is 0 Å². The molecule has 0 saturated heterocycles. The molecule has 1 atom stereocenters. The fourth-order valence-electron chi connectivity index (χ4n) is 2.85. The predicted octanol–water partition coefficient (Wildman–Crippen LogP) is 4.52. The molecule has 29 heavy (non-hydrogen) atoms. The van der Waals surface area contributed by atoms with Crippen LogP contribution in [-0.4, -0.2) is 22.3 Å². The predicted molar refractivity (Wildman–Crippen MR) is 105 cm³/mol. The van der Waals surface area contributed by atoms with Crippen molar-refractivity contribution < 1.29 is 18.0 Å². The molecule has 0 unspecified atom stereocenters. The smallest absolute Gasteiger partial charge is 0.383 e. The summed E-state index contributed by atoms with van der Waals surface area (Å²) < 4.78 is 40.3. The van der Waals surface area contributed by atoms with Crippen molar-refractivity contribution in [2.45, 2.75) is 19.0 Å². The van der Waals surface area contributed by atoms with E-state index in [4.69, 9.17) is 5.73 Å². The zero-order chi connectivity index (χ0) is 21.0. The van der Waals surface area contributed by atoms with Crippen molar-refractivity contribution in [1.29, 1.82) is 0 Å². The number of halogens is 3. The van der Waals surface area contributed by atoms with Gasteiger partial charge in [-0.3, -0.25) is 4.79 Å². The Labute approximate surface area is 165 Å². The second kappa shape index (κ2) is 8.30. The monoisotopic (exact) mass is 400 g/mol. The maximum Gasteiger partial charge on any atom is 0.418 e. The van der Waals surface area contributed by atoms with Crippen molar-refractivity contribution in [2.75, 3.05) is 17.6 Å². The molecule has 0 radical (unpaired) electrons. The number of ketones is 1. The Hall–Kier alpha value is -3.42. The number of carbonyl (C=O) groups is 1. The zero-order valence-electron chi connectivity index (χ0n) is 15.6. The largest absolute Gasteiger partial charge is 0.418 e. The summed E-state index contributed by atoms with van der Waals surface area (Å²) in [6.07, 6.45) is -3.38. The molecule has 0 aliphatic rings. The summed E-state index contributed by atoms with van der Waals surface area (Å²) in [4.78, 5) is 20.5. The first-order valence-electron chi connectivity index (χ1n) is 8.89. The number of nitrogens with two attached hydrogens (primary N) is 1. The second-order valence-corrected chi connectivity index (χ2v) is 6.55. The molecular weight excluding hydrogens is 381 g/mol. The lowest BCUT2D eigenvalue weighted by Crippen LogP contribution is -2.19. The van der Waals surface area contributed by atoms with Crippen LogP contribution in [0.25, 0.3) is 0 Å². The van der Waals surface area contributed by atoms with E-state index in [1.807, 2.05) is 37.3 Å². The van der Waals surface area contributed by atoms with E-state index in [0.717, 1.165) is 11.6 Å². The molecule has 2 aromatic heterocycles. The van der Waals surface area contributed by atoms with E-state index in [0.29, 0.717) is 6.54 Å². The summed E-state index contributed by atoms with van der Waals surface area (Å²) in [6, 6.07) is 14.5. The summed E-state index contributed by atoms with van der Waals surface area (Å²) in [5, 5.41) is 3.01. The number of hydrogen-bond acceptors (Lipinski definition) is 5. The van der Waals surface area contributed by atoms with Crippen LogP contribution in [0.15, 0.2) is 60.8 Å². The van der Waals surface area contributed by atoms with Gasteiger partial charge in [-0.25, -0.2) is 9.97 Å². The molecule has 150 valence electrons. The Kier molecular flexibility index (Phi) is 5.81. The summed E-state index contributed by atoms with van der Waals surface area (Å²) >= 11 is 0. The topological polar surface area (TPSA) is 80.9 Å². The van der Waals surface area contributed by atoms with Crippen molar-refractivity contribution >= 4 is 17.4 Å². The van der Waals surface area contributed by atoms with Crippen molar-refractivity contribution in [3.8, 4) is 0 Å². The van der Waals surface area contributed by atoms with Crippen LogP contribution in [0, 0.1) is 0 Å². The number of anilines is 2. The van der Waals surface area contributed by atoms with E-state index < -0.39 is 23.2 Å². The molecule has 0 aliphatic carbocycles. The van der Waals surface area contributed by atoms with Gasteiger partial charge in [-0.15, -0.1) is 0 Å². The molecule has 0 fully saturated rings. The molecule has 0 bridgehead atoms. The van der Waals surface area contributed by atoms with Crippen LogP contribution in [0.5, 0.6) is 0 Å². The Bertz CT molecular complexity index is 1010. The highest BCUT2D eigenvalue weighted by Crippen LogP contribution is 2.33. The van der Waals surface area contributed by atoms with Crippen LogP contribution in [0.2, 0.25) is 0 Å². The summed E-state index contributed by atoms with van der Waals surface area (Å²) in [5.41, 5.74) is 4.78. The lowest BCUT2D eigenvalue weighted by atomic mass is 10.0. The molecule has 0 aliphatic heterocycles. The van der Waals surface area contributed by atoms with Gasteiger partial charge in [-0.1, -0.05) is 37.3 Å². The van der Waals surface area contributed by atoms with Crippen molar-refractivity contribution in [3.63, 3.8) is 0 Å². The molecule has 5 nitrogen and oxygen atoms in total. The standard InChI is InChI=1S/C21H19F3N4O/c1-13(14-6-3-2-4-7-14)12-27-17-10-9-16(21(22,23)24)18(28-17)19(29)15-8-5-11-26-20(15)25/h2-11,13H,12H2,1H3,(H2,25,26)(H,27,28)/t13-/m1/s1. The Morgan fingerprint density at radius 3 is 2.48 bits per heavy atom. The lowest BCUT2D eigenvalue weighted by molar-refractivity contribution is -0.138. The van der Waals surface area contributed by atoms with Crippen LogP contribution < -0.4 is 11.1 Å². The SMILES string of the molecule is C[C@H](CNc1ccc(C(F)(F)F)c(C(=O)c2cccnc2N)n1)c1ccccc1. The fraction of sp³-hybridized carbons (Fsp3) is 0.190. The third-order valence-corrected chi connectivity index (χ3v) is 4.46. The van der Waals surface area contributed by atoms with Gasteiger partial charge in [0.15, 0.2) is 0 Å². The molecule has 2 heterocycles. The molecule has 0 spiro atoms. The minimum atomic E-state index is -4.73. The number of pyridine rings is 2. The van der Waals surface area contributed by atoms with E-state index in [9.17, 15) is 18.0 Å². The first-order valence-corrected chi connectivity index (χ1v) is 8.89. The average molecular weight is 400 g/mol. The van der Waals surface area contributed by atoms with E-state index in [2.05, 4.69) is 15.3 Å². The minimum absolute atomic E-state index is 0.0911. The van der Waals surface area contributed by atoms with Crippen molar-refractivity contribution in [2.24, 2.45) is 0 Å². The number of hydrogen-bond donors (Lipinski definition) is 2. The van der Waals surface area contributed by atoms with Crippen molar-refractivity contribution in [1.82, 2.24) is 9.97 Å². The van der Waals surface area contributed by atoms with E-state index in [1.54, 1.807) is 0 Å². The Balaban J connectivity index is 1.90. The van der Waals surface area contributed by atoms with Gasteiger partial charge in [0.2, 0.25) is 5.78 Å². The highest BCUT2D eigenvalue weighted by Gasteiger charge is 2.37. The van der Waals surface area contributed by atoms with Crippen LogP contribution >= 0.6 is 0 Å². The van der Waals surface area contributed by atoms with Gasteiger partial charge < -0.3 is 11.1 Å². The zero-order valence-corrected chi connectivity index (χ0v) is 15.6.